The fourth-order valence-electron chi connectivity index (χ4n) is 3.31. The molecule has 0 spiro atoms. The topological polar surface area (TPSA) is 75.3 Å². The molecule has 2 aliphatic rings. The molecule has 2 fully saturated rings. The number of piperidine rings is 1. The third-order valence-corrected chi connectivity index (χ3v) is 4.43. The standard InChI is InChI=1S/C13H20N4O/c14-11-7-12(16-9-15-11)17-6-5-13(18)4-2-1-3-10(13)8-17/h7,9-10,18H,1-6,8H2,(H2,14,15,16). The summed E-state index contributed by atoms with van der Waals surface area (Å²) in [5, 5.41) is 10.6. The molecule has 1 aromatic heterocycles. The molecule has 3 N–H and O–H groups in total. The molecular formula is C13H20N4O. The maximum Gasteiger partial charge on any atom is 0.134 e. The summed E-state index contributed by atoms with van der Waals surface area (Å²) in [6, 6.07) is 1.81. The molecule has 1 aliphatic heterocycles. The van der Waals surface area contributed by atoms with Gasteiger partial charge in [0.25, 0.3) is 0 Å². The summed E-state index contributed by atoms with van der Waals surface area (Å²) in [5.41, 5.74) is 5.26. The molecule has 2 unspecified atom stereocenters. The predicted molar refractivity (Wildman–Crippen MR) is 70.2 cm³/mol. The van der Waals surface area contributed by atoms with Gasteiger partial charge >= 0.3 is 0 Å². The molecule has 5 nitrogen and oxygen atoms in total. The van der Waals surface area contributed by atoms with Crippen molar-refractivity contribution < 1.29 is 5.11 Å². The van der Waals surface area contributed by atoms with Crippen LogP contribution in [0.3, 0.4) is 0 Å². The van der Waals surface area contributed by atoms with Crippen molar-refractivity contribution in [3.8, 4) is 0 Å². The highest BCUT2D eigenvalue weighted by molar-refractivity contribution is 5.46. The molecule has 1 aromatic rings. The Bertz CT molecular complexity index is 439. The van der Waals surface area contributed by atoms with Crippen molar-refractivity contribution in [2.45, 2.75) is 37.7 Å². The largest absolute Gasteiger partial charge is 0.389 e. The third kappa shape index (κ3) is 2.03. The van der Waals surface area contributed by atoms with E-state index < -0.39 is 5.60 Å². The van der Waals surface area contributed by atoms with Crippen molar-refractivity contribution >= 4 is 11.6 Å². The summed E-state index contributed by atoms with van der Waals surface area (Å²) in [7, 11) is 0. The van der Waals surface area contributed by atoms with Gasteiger partial charge < -0.3 is 15.7 Å². The highest BCUT2D eigenvalue weighted by atomic mass is 16.3. The molecule has 1 saturated carbocycles. The van der Waals surface area contributed by atoms with E-state index in [-0.39, 0.29) is 0 Å². The van der Waals surface area contributed by atoms with Gasteiger partial charge in [-0.15, -0.1) is 0 Å². The number of aromatic nitrogens is 2. The van der Waals surface area contributed by atoms with Crippen molar-refractivity contribution in [1.82, 2.24) is 9.97 Å². The van der Waals surface area contributed by atoms with E-state index in [0.29, 0.717) is 11.7 Å². The molecule has 0 amide bonds. The lowest BCUT2D eigenvalue weighted by Gasteiger charge is -2.47. The monoisotopic (exact) mass is 248 g/mol. The van der Waals surface area contributed by atoms with Crippen LogP contribution in [-0.4, -0.2) is 33.8 Å². The molecule has 0 aromatic carbocycles. The lowest BCUT2D eigenvalue weighted by Crippen LogP contribution is -2.53. The number of anilines is 2. The minimum atomic E-state index is -0.437. The number of aliphatic hydroxyl groups is 1. The SMILES string of the molecule is Nc1cc(N2CCC3(O)CCCCC3C2)ncn1. The fourth-order valence-corrected chi connectivity index (χ4v) is 3.31. The van der Waals surface area contributed by atoms with Gasteiger partial charge in [0.2, 0.25) is 0 Å². The van der Waals surface area contributed by atoms with E-state index in [9.17, 15) is 5.11 Å². The van der Waals surface area contributed by atoms with E-state index in [1.807, 2.05) is 6.07 Å². The summed E-state index contributed by atoms with van der Waals surface area (Å²) < 4.78 is 0. The zero-order valence-electron chi connectivity index (χ0n) is 10.5. The second kappa shape index (κ2) is 4.39. The zero-order chi connectivity index (χ0) is 12.6. The average molecular weight is 248 g/mol. The van der Waals surface area contributed by atoms with Gasteiger partial charge in [-0.1, -0.05) is 12.8 Å². The van der Waals surface area contributed by atoms with Crippen molar-refractivity contribution in [3.05, 3.63) is 12.4 Å². The van der Waals surface area contributed by atoms with E-state index in [1.54, 1.807) is 0 Å². The van der Waals surface area contributed by atoms with Crippen LogP contribution in [0.5, 0.6) is 0 Å². The smallest absolute Gasteiger partial charge is 0.134 e. The minimum absolute atomic E-state index is 0.371. The molecule has 98 valence electrons. The number of nitrogens with two attached hydrogens (primary N) is 1. The number of hydrogen-bond donors (Lipinski definition) is 2. The molecule has 0 bridgehead atoms. The fraction of sp³-hybridized carbons (Fsp3) is 0.692. The summed E-state index contributed by atoms with van der Waals surface area (Å²) >= 11 is 0. The highest BCUT2D eigenvalue weighted by Crippen LogP contribution is 2.40. The van der Waals surface area contributed by atoms with Crippen molar-refractivity contribution in [2.24, 2.45) is 5.92 Å². The first-order chi connectivity index (χ1) is 8.67. The van der Waals surface area contributed by atoms with Gasteiger partial charge in [-0.05, 0) is 19.3 Å². The van der Waals surface area contributed by atoms with Crippen LogP contribution in [-0.2, 0) is 0 Å². The Morgan fingerprint density at radius 1 is 1.33 bits per heavy atom. The minimum Gasteiger partial charge on any atom is -0.389 e. The summed E-state index contributed by atoms with van der Waals surface area (Å²) in [6.45, 7) is 1.73. The molecule has 2 atom stereocenters. The van der Waals surface area contributed by atoms with E-state index >= 15 is 0 Å². The maximum absolute atomic E-state index is 10.6. The van der Waals surface area contributed by atoms with Gasteiger partial charge in [-0.2, -0.15) is 0 Å². The van der Waals surface area contributed by atoms with Crippen molar-refractivity contribution in [1.29, 1.82) is 0 Å². The van der Waals surface area contributed by atoms with Gasteiger partial charge in [0.05, 0.1) is 5.60 Å². The summed E-state index contributed by atoms with van der Waals surface area (Å²) in [4.78, 5) is 10.4. The number of fused-ring (bicyclic) bond motifs is 1. The Labute approximate surface area is 107 Å². The second-order valence-corrected chi connectivity index (χ2v) is 5.54. The first kappa shape index (κ1) is 11.7. The Kier molecular flexibility index (Phi) is 2.86. The second-order valence-electron chi connectivity index (χ2n) is 5.54. The van der Waals surface area contributed by atoms with Crippen LogP contribution in [0, 0.1) is 5.92 Å². The van der Waals surface area contributed by atoms with Gasteiger partial charge in [-0.3, -0.25) is 0 Å². The Hall–Kier alpha value is -1.36. The molecule has 1 saturated heterocycles. The van der Waals surface area contributed by atoms with Crippen LogP contribution in [0.25, 0.3) is 0 Å². The number of nitrogens with zero attached hydrogens (tertiary/aromatic N) is 3. The van der Waals surface area contributed by atoms with Crippen molar-refractivity contribution in [3.63, 3.8) is 0 Å². The van der Waals surface area contributed by atoms with Gasteiger partial charge in [-0.25, -0.2) is 9.97 Å². The molecule has 18 heavy (non-hydrogen) atoms. The Morgan fingerprint density at radius 3 is 3.06 bits per heavy atom. The lowest BCUT2D eigenvalue weighted by molar-refractivity contribution is -0.0613. The number of nitrogen functional groups attached to an aromatic ring is 1. The molecule has 3 rings (SSSR count). The van der Waals surface area contributed by atoms with E-state index in [4.69, 9.17) is 5.73 Å². The van der Waals surface area contributed by atoms with Crippen molar-refractivity contribution in [2.75, 3.05) is 23.7 Å². The van der Waals surface area contributed by atoms with E-state index in [0.717, 1.165) is 44.6 Å². The summed E-state index contributed by atoms with van der Waals surface area (Å²) in [6.07, 6.45) is 6.80. The van der Waals surface area contributed by atoms with Gasteiger partial charge in [0.1, 0.15) is 18.0 Å². The third-order valence-electron chi connectivity index (χ3n) is 4.43. The Morgan fingerprint density at radius 2 is 2.22 bits per heavy atom. The molecule has 2 heterocycles. The van der Waals surface area contributed by atoms with Crippen LogP contribution < -0.4 is 10.6 Å². The van der Waals surface area contributed by atoms with E-state index in [1.165, 1.54) is 12.7 Å². The van der Waals surface area contributed by atoms with E-state index in [2.05, 4.69) is 14.9 Å². The van der Waals surface area contributed by atoms with Crippen LogP contribution in [0.15, 0.2) is 12.4 Å². The number of hydrogen-bond acceptors (Lipinski definition) is 5. The van der Waals surface area contributed by atoms with Crippen LogP contribution in [0.1, 0.15) is 32.1 Å². The first-order valence-electron chi connectivity index (χ1n) is 6.72. The molecule has 5 heteroatoms. The van der Waals surface area contributed by atoms with Crippen LogP contribution >= 0.6 is 0 Å². The molecular weight excluding hydrogens is 228 g/mol. The molecule has 0 radical (unpaired) electrons. The van der Waals surface area contributed by atoms with Gasteiger partial charge in [0, 0.05) is 25.1 Å². The van der Waals surface area contributed by atoms with Gasteiger partial charge in [0.15, 0.2) is 0 Å². The first-order valence-corrected chi connectivity index (χ1v) is 6.72. The predicted octanol–water partition coefficient (Wildman–Crippen LogP) is 1.19. The van der Waals surface area contributed by atoms with Crippen LogP contribution in [0.4, 0.5) is 11.6 Å². The van der Waals surface area contributed by atoms with Crippen LogP contribution in [0.2, 0.25) is 0 Å². The summed E-state index contributed by atoms with van der Waals surface area (Å²) in [5.74, 6) is 1.76. The normalized spacial score (nSPS) is 32.1. The highest BCUT2D eigenvalue weighted by Gasteiger charge is 2.42. The zero-order valence-corrected chi connectivity index (χ0v) is 10.5. The molecule has 1 aliphatic carbocycles. The average Bonchev–Trinajstić information content (AvgIpc) is 2.37. The number of rotatable bonds is 1. The Balaban J connectivity index is 1.77. The lowest BCUT2D eigenvalue weighted by atomic mass is 9.71. The quantitative estimate of drug-likeness (QED) is 0.781. The maximum atomic E-state index is 10.6.